The van der Waals surface area contributed by atoms with Gasteiger partial charge >= 0.3 is 0 Å². The summed E-state index contributed by atoms with van der Waals surface area (Å²) in [5, 5.41) is 13.3. The van der Waals surface area contributed by atoms with Crippen molar-refractivity contribution in [1.82, 2.24) is 20.2 Å². The molecule has 0 aliphatic rings. The zero-order valence-electron chi connectivity index (χ0n) is 15.1. The lowest BCUT2D eigenvalue weighted by Crippen LogP contribution is -2.39. The van der Waals surface area contributed by atoms with Crippen molar-refractivity contribution in [2.24, 2.45) is 5.73 Å². The summed E-state index contributed by atoms with van der Waals surface area (Å²) in [7, 11) is 0. The summed E-state index contributed by atoms with van der Waals surface area (Å²) < 4.78 is 0. The summed E-state index contributed by atoms with van der Waals surface area (Å²) >= 11 is 0. The van der Waals surface area contributed by atoms with Gasteiger partial charge in [-0.3, -0.25) is 0 Å². The third kappa shape index (κ3) is 2.92. The van der Waals surface area contributed by atoms with E-state index in [1.54, 1.807) is 4.80 Å². The second-order valence-corrected chi connectivity index (χ2v) is 6.53. The van der Waals surface area contributed by atoms with Crippen LogP contribution in [0.25, 0.3) is 0 Å². The summed E-state index contributed by atoms with van der Waals surface area (Å²) in [6.45, 7) is 1.86. The highest BCUT2D eigenvalue weighted by Gasteiger charge is 2.41. The fourth-order valence-electron chi connectivity index (χ4n) is 3.43. The molecular weight excluding hydrogens is 334 g/mol. The zero-order chi connectivity index (χ0) is 18.7. The van der Waals surface area contributed by atoms with Crippen molar-refractivity contribution in [3.63, 3.8) is 0 Å². The van der Waals surface area contributed by atoms with Crippen LogP contribution in [0.15, 0.2) is 91.0 Å². The van der Waals surface area contributed by atoms with Crippen LogP contribution < -0.4 is 5.73 Å². The van der Waals surface area contributed by atoms with Crippen LogP contribution in [0.2, 0.25) is 0 Å². The van der Waals surface area contributed by atoms with Gasteiger partial charge in [-0.05, 0) is 28.8 Å². The molecule has 1 unspecified atom stereocenters. The molecule has 1 atom stereocenters. The summed E-state index contributed by atoms with van der Waals surface area (Å²) in [5.41, 5.74) is 8.42. The summed E-state index contributed by atoms with van der Waals surface area (Å²) in [6.07, 6.45) is 0. The van der Waals surface area contributed by atoms with Gasteiger partial charge in [-0.15, -0.1) is 15.0 Å². The Labute approximate surface area is 158 Å². The summed E-state index contributed by atoms with van der Waals surface area (Å²) in [4.78, 5) is 1.69. The van der Waals surface area contributed by atoms with Crippen LogP contribution in [0, 0.1) is 0 Å². The van der Waals surface area contributed by atoms with Gasteiger partial charge in [-0.2, -0.15) is 0 Å². The van der Waals surface area contributed by atoms with E-state index in [0.29, 0.717) is 5.82 Å². The Kier molecular flexibility index (Phi) is 4.52. The average molecular weight is 355 g/mol. The summed E-state index contributed by atoms with van der Waals surface area (Å²) in [5.74, 6) is 0.516. The zero-order valence-corrected chi connectivity index (χ0v) is 15.1. The smallest absolute Gasteiger partial charge is 0.191 e. The van der Waals surface area contributed by atoms with E-state index in [1.165, 1.54) is 0 Å². The minimum atomic E-state index is -0.746. The Bertz CT molecular complexity index is 898. The Morgan fingerprint density at radius 2 is 1.15 bits per heavy atom. The Balaban J connectivity index is 2.09. The molecule has 0 saturated heterocycles. The number of hydrogen-bond donors (Lipinski definition) is 1. The second-order valence-electron chi connectivity index (χ2n) is 6.53. The van der Waals surface area contributed by atoms with Gasteiger partial charge in [-0.1, -0.05) is 91.0 Å². The van der Waals surface area contributed by atoms with Crippen molar-refractivity contribution >= 4 is 0 Å². The Morgan fingerprint density at radius 3 is 1.48 bits per heavy atom. The number of nitrogens with zero attached hydrogens (tertiary/aromatic N) is 4. The highest BCUT2D eigenvalue weighted by atomic mass is 15.6. The molecule has 134 valence electrons. The quantitative estimate of drug-likeness (QED) is 0.556. The molecule has 0 spiro atoms. The molecule has 3 aromatic carbocycles. The minimum absolute atomic E-state index is 0.293. The topological polar surface area (TPSA) is 69.6 Å². The fourth-order valence-corrected chi connectivity index (χ4v) is 3.43. The van der Waals surface area contributed by atoms with Crippen molar-refractivity contribution in [2.45, 2.75) is 18.5 Å². The van der Waals surface area contributed by atoms with Gasteiger partial charge in [0.15, 0.2) is 11.4 Å². The highest BCUT2D eigenvalue weighted by Crippen LogP contribution is 2.39. The molecule has 0 amide bonds. The van der Waals surface area contributed by atoms with E-state index in [-0.39, 0.29) is 6.04 Å². The van der Waals surface area contributed by atoms with Crippen LogP contribution in [0.5, 0.6) is 0 Å². The third-order valence-electron chi connectivity index (χ3n) is 4.71. The van der Waals surface area contributed by atoms with E-state index in [0.717, 1.165) is 16.7 Å². The maximum absolute atomic E-state index is 6.01. The number of benzene rings is 3. The molecule has 4 rings (SSSR count). The first-order valence-corrected chi connectivity index (χ1v) is 8.95. The van der Waals surface area contributed by atoms with Gasteiger partial charge in [-0.25, -0.2) is 0 Å². The average Bonchev–Trinajstić information content (AvgIpc) is 3.22. The molecule has 1 aromatic heterocycles. The van der Waals surface area contributed by atoms with E-state index in [1.807, 2.05) is 61.5 Å². The van der Waals surface area contributed by atoms with Crippen LogP contribution in [0.4, 0.5) is 0 Å². The Morgan fingerprint density at radius 1 is 0.741 bits per heavy atom. The molecule has 0 aliphatic carbocycles. The number of hydrogen-bond acceptors (Lipinski definition) is 4. The van der Waals surface area contributed by atoms with E-state index in [9.17, 15) is 0 Å². The van der Waals surface area contributed by atoms with Gasteiger partial charge in [0.25, 0.3) is 0 Å². The van der Waals surface area contributed by atoms with Gasteiger partial charge in [0.05, 0.1) is 6.04 Å². The maximum Gasteiger partial charge on any atom is 0.191 e. The van der Waals surface area contributed by atoms with E-state index >= 15 is 0 Å². The third-order valence-corrected chi connectivity index (χ3v) is 4.71. The van der Waals surface area contributed by atoms with Crippen molar-refractivity contribution in [2.75, 3.05) is 0 Å². The van der Waals surface area contributed by atoms with E-state index < -0.39 is 5.54 Å². The largest absolute Gasteiger partial charge is 0.321 e. The minimum Gasteiger partial charge on any atom is -0.321 e. The molecule has 5 nitrogen and oxygen atoms in total. The van der Waals surface area contributed by atoms with Crippen molar-refractivity contribution in [3.05, 3.63) is 114 Å². The van der Waals surface area contributed by atoms with Crippen LogP contribution in [0.3, 0.4) is 0 Å². The molecule has 5 heteroatoms. The van der Waals surface area contributed by atoms with Gasteiger partial charge in [0, 0.05) is 0 Å². The van der Waals surface area contributed by atoms with Crippen LogP contribution in [-0.2, 0) is 5.54 Å². The number of aromatic nitrogens is 4. The van der Waals surface area contributed by atoms with Crippen molar-refractivity contribution in [1.29, 1.82) is 0 Å². The standard InChI is InChI=1S/C22H21N5/c1-17(23)21-24-26-27(25-21)22(18-11-5-2-6-12-18,19-13-7-3-8-14-19)20-15-9-4-10-16-20/h2-17H,23H2,1H3. The number of tetrazole rings is 1. The molecule has 0 bridgehead atoms. The first-order chi connectivity index (χ1) is 13.2. The fraction of sp³-hybridized carbons (Fsp3) is 0.136. The molecular formula is C22H21N5. The normalized spacial score (nSPS) is 12.7. The van der Waals surface area contributed by atoms with Gasteiger partial charge in [0.2, 0.25) is 0 Å². The predicted octanol–water partition coefficient (Wildman–Crippen LogP) is 3.53. The van der Waals surface area contributed by atoms with Crippen LogP contribution >= 0.6 is 0 Å². The lowest BCUT2D eigenvalue weighted by atomic mass is 9.77. The molecule has 4 aromatic rings. The van der Waals surface area contributed by atoms with Crippen LogP contribution in [-0.4, -0.2) is 20.2 Å². The van der Waals surface area contributed by atoms with Gasteiger partial charge in [0.1, 0.15) is 0 Å². The van der Waals surface area contributed by atoms with Crippen LogP contribution in [0.1, 0.15) is 35.5 Å². The molecule has 0 aliphatic heterocycles. The Hall–Kier alpha value is -3.31. The monoisotopic (exact) mass is 355 g/mol. The predicted molar refractivity (Wildman–Crippen MR) is 105 cm³/mol. The van der Waals surface area contributed by atoms with Gasteiger partial charge < -0.3 is 5.73 Å². The first-order valence-electron chi connectivity index (χ1n) is 8.95. The first kappa shape index (κ1) is 17.1. The highest BCUT2D eigenvalue weighted by molar-refractivity contribution is 5.49. The van der Waals surface area contributed by atoms with E-state index in [4.69, 9.17) is 5.73 Å². The lowest BCUT2D eigenvalue weighted by Gasteiger charge is -2.34. The molecule has 2 N–H and O–H groups in total. The molecule has 1 heterocycles. The van der Waals surface area contributed by atoms with Crippen molar-refractivity contribution in [3.8, 4) is 0 Å². The van der Waals surface area contributed by atoms with E-state index in [2.05, 4.69) is 51.8 Å². The maximum atomic E-state index is 6.01. The lowest BCUT2D eigenvalue weighted by molar-refractivity contribution is 0.393. The molecule has 0 radical (unpaired) electrons. The second kappa shape index (κ2) is 7.13. The summed E-state index contributed by atoms with van der Waals surface area (Å²) in [6, 6.07) is 30.4. The molecule has 0 fully saturated rings. The number of rotatable bonds is 5. The number of nitrogens with two attached hydrogens (primary N) is 1. The molecule has 27 heavy (non-hydrogen) atoms. The molecule has 0 saturated carbocycles. The SMILES string of the molecule is CC(N)c1nnn(C(c2ccccc2)(c2ccccc2)c2ccccc2)n1. The van der Waals surface area contributed by atoms with Crippen molar-refractivity contribution < 1.29 is 0 Å².